The van der Waals surface area contributed by atoms with E-state index in [9.17, 15) is 31.5 Å². The minimum atomic E-state index is -2.29. The van der Waals surface area contributed by atoms with Gasteiger partial charge in [0.2, 0.25) is 11.7 Å². The molecule has 0 saturated carbocycles. The Hall–Kier alpha value is -2.43. The number of anilines is 1. The van der Waals surface area contributed by atoms with Crippen molar-refractivity contribution in [2.75, 3.05) is 25.5 Å². The van der Waals surface area contributed by atoms with Gasteiger partial charge in [0.25, 0.3) is 0 Å². The van der Waals surface area contributed by atoms with E-state index in [-0.39, 0.29) is 24.6 Å². The van der Waals surface area contributed by atoms with Gasteiger partial charge in [-0.2, -0.15) is 0 Å². The van der Waals surface area contributed by atoms with Gasteiger partial charge in [0, 0.05) is 25.7 Å². The number of ether oxygens (including phenoxy) is 1. The minimum absolute atomic E-state index is 0.0628. The molecule has 0 aromatic heterocycles. The van der Waals surface area contributed by atoms with Crippen molar-refractivity contribution in [2.24, 2.45) is 0 Å². The highest BCUT2D eigenvalue weighted by Gasteiger charge is 2.53. The smallest absolute Gasteiger partial charge is 0.322 e. The topological polar surface area (TPSA) is 61.9 Å². The van der Waals surface area contributed by atoms with Gasteiger partial charge < -0.3 is 19.9 Å². The molecule has 1 aromatic carbocycles. The van der Waals surface area contributed by atoms with Crippen molar-refractivity contribution in [1.29, 1.82) is 0 Å². The summed E-state index contributed by atoms with van der Waals surface area (Å²) < 4.78 is 73.6. The summed E-state index contributed by atoms with van der Waals surface area (Å²) in [5, 5.41) is 1.85. The van der Waals surface area contributed by atoms with Crippen LogP contribution >= 0.6 is 0 Å². The maximum Gasteiger partial charge on any atom is 0.322 e. The van der Waals surface area contributed by atoms with Crippen LogP contribution in [0.2, 0.25) is 0 Å². The first kappa shape index (κ1) is 19.9. The number of amides is 3. The number of rotatable bonds is 1. The van der Waals surface area contributed by atoms with Gasteiger partial charge in [-0.05, 0) is 25.7 Å². The lowest BCUT2D eigenvalue weighted by Crippen LogP contribution is -2.62. The van der Waals surface area contributed by atoms with Gasteiger partial charge >= 0.3 is 6.03 Å². The molecule has 2 bridgehead atoms. The molecule has 2 atom stereocenters. The van der Waals surface area contributed by atoms with E-state index in [1.807, 2.05) is 5.32 Å². The average Bonchev–Trinajstić information content (AvgIpc) is 2.97. The summed E-state index contributed by atoms with van der Waals surface area (Å²) >= 11 is 0. The van der Waals surface area contributed by atoms with Gasteiger partial charge in [-0.3, -0.25) is 4.79 Å². The highest BCUT2D eigenvalue weighted by Crippen LogP contribution is 2.44. The van der Waals surface area contributed by atoms with Crippen molar-refractivity contribution in [3.8, 4) is 0 Å². The molecule has 1 N–H and O–H groups in total. The van der Waals surface area contributed by atoms with Gasteiger partial charge in [-0.1, -0.05) is 0 Å². The second kappa shape index (κ2) is 6.82. The van der Waals surface area contributed by atoms with Crippen LogP contribution < -0.4 is 5.32 Å². The lowest BCUT2D eigenvalue weighted by atomic mass is 9.84. The molecule has 0 aliphatic carbocycles. The van der Waals surface area contributed by atoms with E-state index < -0.39 is 46.4 Å². The van der Waals surface area contributed by atoms with E-state index in [4.69, 9.17) is 4.74 Å². The summed E-state index contributed by atoms with van der Waals surface area (Å²) in [7, 11) is 1.66. The maximum atomic E-state index is 13.9. The number of morpholine rings is 1. The Morgan fingerprint density at radius 2 is 1.52 bits per heavy atom. The Morgan fingerprint density at radius 3 is 2.03 bits per heavy atom. The number of likely N-dealkylation sites (N-methyl/N-ethyl adjacent to an activating group) is 1. The van der Waals surface area contributed by atoms with Crippen molar-refractivity contribution in [2.45, 2.75) is 43.4 Å². The molecule has 3 saturated heterocycles. The second-order valence-corrected chi connectivity index (χ2v) is 7.80. The molecule has 6 nitrogen and oxygen atoms in total. The lowest BCUT2D eigenvalue weighted by Gasteiger charge is -2.49. The van der Waals surface area contributed by atoms with Crippen LogP contribution in [-0.2, 0) is 9.53 Å². The molecule has 158 valence electrons. The summed E-state index contributed by atoms with van der Waals surface area (Å²) in [4.78, 5) is 27.3. The van der Waals surface area contributed by atoms with Crippen molar-refractivity contribution in [3.63, 3.8) is 0 Å². The SMILES string of the molecule is CN1CC2(CC3CCC(C2)N3C(=O)Nc2c(F)c(F)c(F)c(F)c2F)OCC1=O. The Kier molecular flexibility index (Phi) is 4.67. The molecule has 11 heteroatoms. The first-order valence-electron chi connectivity index (χ1n) is 9.12. The molecular weight excluding hydrogens is 401 g/mol. The lowest BCUT2D eigenvalue weighted by molar-refractivity contribution is -0.171. The molecular formula is C18H18F5N3O3. The molecule has 4 rings (SSSR count). The normalized spacial score (nSPS) is 29.0. The molecule has 3 aliphatic heterocycles. The number of carbonyl (C=O) groups is 2. The molecule has 2 unspecified atom stereocenters. The summed E-state index contributed by atoms with van der Waals surface area (Å²) in [6, 6.07) is -1.61. The highest BCUT2D eigenvalue weighted by molar-refractivity contribution is 5.90. The molecule has 1 aromatic rings. The van der Waals surface area contributed by atoms with E-state index in [2.05, 4.69) is 0 Å². The fraction of sp³-hybridized carbons (Fsp3) is 0.556. The van der Waals surface area contributed by atoms with Crippen LogP contribution in [0.25, 0.3) is 0 Å². The number of halogens is 5. The van der Waals surface area contributed by atoms with Crippen LogP contribution in [-0.4, -0.2) is 59.6 Å². The Morgan fingerprint density at radius 1 is 1.00 bits per heavy atom. The quantitative estimate of drug-likeness (QED) is 0.433. The number of hydrogen-bond acceptors (Lipinski definition) is 3. The van der Waals surface area contributed by atoms with Crippen LogP contribution in [0.1, 0.15) is 25.7 Å². The standard InChI is InChI=1S/C18H18F5N3O3/c1-25-7-18(29-6-10(25)27)4-8-2-3-9(5-18)26(8)17(28)24-16-14(22)12(20)11(19)13(21)15(16)23/h8-9H,2-7H2,1H3,(H,24,28). The molecule has 0 radical (unpaired) electrons. The zero-order valence-corrected chi connectivity index (χ0v) is 15.4. The Bertz CT molecular complexity index is 853. The van der Waals surface area contributed by atoms with Gasteiger partial charge in [0.1, 0.15) is 12.3 Å². The predicted octanol–water partition coefficient (Wildman–Crippen LogP) is 2.77. The third-order valence-corrected chi connectivity index (χ3v) is 5.96. The van der Waals surface area contributed by atoms with Crippen LogP contribution in [0.5, 0.6) is 0 Å². The van der Waals surface area contributed by atoms with Crippen LogP contribution in [0.3, 0.4) is 0 Å². The number of fused-ring (bicyclic) bond motifs is 2. The molecule has 3 amide bonds. The molecule has 1 spiro atoms. The van der Waals surface area contributed by atoms with Crippen LogP contribution in [0, 0.1) is 29.1 Å². The second-order valence-electron chi connectivity index (χ2n) is 7.80. The van der Waals surface area contributed by atoms with Crippen molar-refractivity contribution < 1.29 is 36.3 Å². The fourth-order valence-electron chi connectivity index (χ4n) is 4.66. The Labute approximate surface area is 162 Å². The predicted molar refractivity (Wildman–Crippen MR) is 89.5 cm³/mol. The van der Waals surface area contributed by atoms with E-state index in [1.54, 1.807) is 11.9 Å². The molecule has 29 heavy (non-hydrogen) atoms. The van der Waals surface area contributed by atoms with Crippen LogP contribution in [0.15, 0.2) is 0 Å². The number of carbonyl (C=O) groups excluding carboxylic acids is 2. The number of piperidine rings is 1. The third-order valence-electron chi connectivity index (χ3n) is 5.96. The summed E-state index contributed by atoms with van der Waals surface area (Å²) in [5.41, 5.74) is -1.99. The van der Waals surface area contributed by atoms with Crippen molar-refractivity contribution in [1.82, 2.24) is 9.80 Å². The number of benzene rings is 1. The number of nitrogens with one attached hydrogen (secondary N) is 1. The van der Waals surface area contributed by atoms with E-state index in [1.165, 1.54) is 4.90 Å². The largest absolute Gasteiger partial charge is 0.363 e. The zero-order valence-electron chi connectivity index (χ0n) is 15.4. The summed E-state index contributed by atoms with van der Waals surface area (Å²) in [5.74, 6) is -10.9. The van der Waals surface area contributed by atoms with Gasteiger partial charge in [-0.25, -0.2) is 26.7 Å². The zero-order chi connectivity index (χ0) is 21.1. The minimum Gasteiger partial charge on any atom is -0.363 e. The van der Waals surface area contributed by atoms with Gasteiger partial charge in [-0.15, -0.1) is 0 Å². The van der Waals surface area contributed by atoms with Gasteiger partial charge in [0.15, 0.2) is 23.3 Å². The van der Waals surface area contributed by atoms with E-state index in [0.29, 0.717) is 32.2 Å². The molecule has 3 fully saturated rings. The molecule has 3 heterocycles. The fourth-order valence-corrected chi connectivity index (χ4v) is 4.66. The van der Waals surface area contributed by atoms with Crippen LogP contribution in [0.4, 0.5) is 32.4 Å². The number of hydrogen-bond donors (Lipinski definition) is 1. The summed E-state index contributed by atoms with van der Waals surface area (Å²) in [6.45, 7) is 0.304. The summed E-state index contributed by atoms with van der Waals surface area (Å²) in [6.07, 6.45) is 2.03. The first-order valence-corrected chi connectivity index (χ1v) is 9.12. The maximum absolute atomic E-state index is 13.9. The van der Waals surface area contributed by atoms with E-state index >= 15 is 0 Å². The van der Waals surface area contributed by atoms with E-state index in [0.717, 1.165) is 0 Å². The highest BCUT2D eigenvalue weighted by atomic mass is 19.2. The van der Waals surface area contributed by atoms with Crippen molar-refractivity contribution in [3.05, 3.63) is 29.1 Å². The number of nitrogens with zero attached hydrogens (tertiary/aromatic N) is 2. The third kappa shape index (κ3) is 3.11. The van der Waals surface area contributed by atoms with Crippen molar-refractivity contribution >= 4 is 17.6 Å². The Balaban J connectivity index is 1.54. The average molecular weight is 419 g/mol. The molecule has 3 aliphatic rings. The first-order chi connectivity index (χ1) is 13.6. The van der Waals surface area contributed by atoms with Gasteiger partial charge in [0.05, 0.1) is 5.60 Å². The number of urea groups is 1. The monoisotopic (exact) mass is 419 g/mol.